The number of aryl methyl sites for hydroxylation is 6. The van der Waals surface area contributed by atoms with E-state index in [4.69, 9.17) is 18.1 Å². The van der Waals surface area contributed by atoms with Gasteiger partial charge in [-0.05, 0) is 182 Å². The molecule has 6 aromatic rings. The van der Waals surface area contributed by atoms with Crippen molar-refractivity contribution in [2.45, 2.75) is 102 Å². The fourth-order valence-electron chi connectivity index (χ4n) is 8.05. The molecule has 0 aliphatic heterocycles. The standard InChI is InChI=1S/C51H58N2O8P2S2/c1-37-21-29-49(30-22-37)64(54,55)52(62(58-45-17-9-13-39(3)33-45)59-46-18-10-14-40(4)34-46)44-27-25-43(26-28-44)51(7,8)53(65(56,57)50-31-23-38(2)24-32-50)63(60-47-19-11-15-41(5)35-47)61-48-20-12-16-42(6)36-48/h9-24,29-36,43-44H,25-28H2,1-8H3. The molecule has 0 amide bonds. The summed E-state index contributed by atoms with van der Waals surface area (Å²) in [5.41, 5.74) is 4.52. The Morgan fingerprint density at radius 1 is 0.446 bits per heavy atom. The highest BCUT2D eigenvalue weighted by molar-refractivity contribution is 7.94. The Morgan fingerprint density at radius 2 is 0.785 bits per heavy atom. The Bertz CT molecular complexity index is 2700. The van der Waals surface area contributed by atoms with Gasteiger partial charge in [0.15, 0.2) is 0 Å². The fourth-order valence-corrected chi connectivity index (χ4v) is 15.8. The quantitative estimate of drug-likeness (QED) is 0.0831. The highest BCUT2D eigenvalue weighted by Crippen LogP contribution is 2.56. The van der Waals surface area contributed by atoms with Crippen LogP contribution in [-0.4, -0.2) is 36.6 Å². The van der Waals surface area contributed by atoms with Crippen molar-refractivity contribution < 1.29 is 34.9 Å². The lowest BCUT2D eigenvalue weighted by Crippen LogP contribution is -2.52. The molecule has 0 N–H and O–H groups in total. The van der Waals surface area contributed by atoms with Gasteiger partial charge in [-0.2, -0.15) is 0 Å². The molecule has 14 heteroatoms. The van der Waals surface area contributed by atoms with Crippen LogP contribution < -0.4 is 18.1 Å². The van der Waals surface area contributed by atoms with Gasteiger partial charge in [0.05, 0.1) is 9.79 Å². The van der Waals surface area contributed by atoms with E-state index in [9.17, 15) is 0 Å². The second-order valence-electron chi connectivity index (χ2n) is 17.4. The number of hydrogen-bond acceptors (Lipinski definition) is 8. The van der Waals surface area contributed by atoms with Crippen LogP contribution in [0.5, 0.6) is 23.0 Å². The Morgan fingerprint density at radius 3 is 1.14 bits per heavy atom. The van der Waals surface area contributed by atoms with Gasteiger partial charge in [-0.1, -0.05) is 88.0 Å². The van der Waals surface area contributed by atoms with Crippen molar-refractivity contribution in [3.63, 3.8) is 0 Å². The van der Waals surface area contributed by atoms with Crippen LogP contribution in [0, 0.1) is 47.5 Å². The molecule has 0 heterocycles. The first-order valence-electron chi connectivity index (χ1n) is 21.7. The van der Waals surface area contributed by atoms with Crippen LogP contribution >= 0.6 is 17.1 Å². The zero-order chi connectivity index (χ0) is 46.5. The molecule has 10 nitrogen and oxygen atoms in total. The molecular formula is C51H58N2O8P2S2. The van der Waals surface area contributed by atoms with Gasteiger partial charge in [0.2, 0.25) is 0 Å². The van der Waals surface area contributed by atoms with Crippen LogP contribution in [-0.2, 0) is 20.0 Å². The molecule has 0 radical (unpaired) electrons. The monoisotopic (exact) mass is 952 g/mol. The van der Waals surface area contributed by atoms with E-state index < -0.39 is 48.7 Å². The Hall–Kier alpha value is -4.80. The smallest absolute Gasteiger partial charge is 0.399 e. The minimum absolute atomic E-state index is 0.112. The Kier molecular flexibility index (Phi) is 15.1. The molecule has 0 saturated heterocycles. The van der Waals surface area contributed by atoms with Gasteiger partial charge in [-0.25, -0.2) is 16.8 Å². The van der Waals surface area contributed by atoms with E-state index in [0.29, 0.717) is 48.7 Å². The van der Waals surface area contributed by atoms with E-state index in [2.05, 4.69) is 0 Å². The third-order valence-electron chi connectivity index (χ3n) is 11.6. The van der Waals surface area contributed by atoms with Gasteiger partial charge < -0.3 is 18.1 Å². The maximum atomic E-state index is 15.3. The summed E-state index contributed by atoms with van der Waals surface area (Å²) in [4.78, 5) is 0.238. The molecule has 1 fully saturated rings. The number of rotatable bonds is 17. The number of nitrogens with zero attached hydrogens (tertiary/aromatic N) is 2. The summed E-state index contributed by atoms with van der Waals surface area (Å²) >= 11 is 0. The van der Waals surface area contributed by atoms with E-state index in [0.717, 1.165) is 33.4 Å². The van der Waals surface area contributed by atoms with Crippen molar-refractivity contribution in [1.82, 2.24) is 8.15 Å². The van der Waals surface area contributed by atoms with Crippen molar-refractivity contribution in [3.8, 4) is 23.0 Å². The average Bonchev–Trinajstić information content (AvgIpc) is 3.24. The fraction of sp³-hybridized carbons (Fsp3) is 0.294. The van der Waals surface area contributed by atoms with Crippen LogP contribution in [0.1, 0.15) is 72.9 Å². The molecular weight excluding hydrogens is 895 g/mol. The molecule has 1 aliphatic carbocycles. The molecule has 0 aromatic heterocycles. The maximum Gasteiger partial charge on any atom is 0.399 e. The zero-order valence-electron chi connectivity index (χ0n) is 38.2. The lowest BCUT2D eigenvalue weighted by molar-refractivity contribution is 0.135. The van der Waals surface area contributed by atoms with Gasteiger partial charge in [-0.3, -0.25) is 0 Å². The molecule has 342 valence electrons. The molecule has 65 heavy (non-hydrogen) atoms. The molecule has 1 saturated carbocycles. The minimum atomic E-state index is -4.30. The van der Waals surface area contributed by atoms with E-state index in [1.807, 2.05) is 128 Å². The first-order valence-corrected chi connectivity index (χ1v) is 26.9. The average molecular weight is 953 g/mol. The summed E-state index contributed by atoms with van der Waals surface area (Å²) in [5, 5.41) is 0. The van der Waals surface area contributed by atoms with Crippen molar-refractivity contribution in [2.75, 3.05) is 0 Å². The highest BCUT2D eigenvalue weighted by atomic mass is 32.2. The van der Waals surface area contributed by atoms with Gasteiger partial charge in [-0.15, -0.1) is 4.08 Å². The van der Waals surface area contributed by atoms with Crippen LogP contribution in [0.25, 0.3) is 0 Å². The van der Waals surface area contributed by atoms with E-state index in [1.54, 1.807) is 72.8 Å². The van der Waals surface area contributed by atoms with Crippen LogP contribution in [0.3, 0.4) is 0 Å². The SMILES string of the molecule is Cc1ccc(S(=O)(=O)N(C2CCC(C(C)(C)N(P(Oc3cccc(C)c3)Oc3cccc(C)c3)S(=O)(=O)c3ccc(C)cc3)CC2)P(Oc2cccc(C)c2)Oc2cccc(C)c2)cc1. The summed E-state index contributed by atoms with van der Waals surface area (Å²) in [6.45, 7) is 15.5. The first-order chi connectivity index (χ1) is 30.9. The minimum Gasteiger partial charge on any atom is -0.426 e. The van der Waals surface area contributed by atoms with Gasteiger partial charge in [0, 0.05) is 11.6 Å². The second-order valence-corrected chi connectivity index (χ2v) is 24.1. The lowest BCUT2D eigenvalue weighted by atomic mass is 9.76. The third kappa shape index (κ3) is 11.6. The molecule has 0 bridgehead atoms. The van der Waals surface area contributed by atoms with Crippen molar-refractivity contribution in [3.05, 3.63) is 179 Å². The summed E-state index contributed by atoms with van der Waals surface area (Å²) in [6, 6.07) is 43.0. The molecule has 1 aliphatic rings. The van der Waals surface area contributed by atoms with Crippen molar-refractivity contribution in [1.29, 1.82) is 0 Å². The summed E-state index contributed by atoms with van der Waals surface area (Å²) < 4.78 is 90.5. The molecule has 6 aromatic carbocycles. The zero-order valence-corrected chi connectivity index (χ0v) is 41.6. The normalized spacial score (nSPS) is 15.9. The van der Waals surface area contributed by atoms with Crippen molar-refractivity contribution in [2.24, 2.45) is 5.92 Å². The van der Waals surface area contributed by atoms with E-state index in [-0.39, 0.29) is 15.7 Å². The van der Waals surface area contributed by atoms with Crippen LogP contribution in [0.2, 0.25) is 0 Å². The van der Waals surface area contributed by atoms with Crippen molar-refractivity contribution >= 4 is 37.1 Å². The largest absolute Gasteiger partial charge is 0.426 e. The molecule has 0 unspecified atom stereocenters. The van der Waals surface area contributed by atoms with Gasteiger partial charge in [0.25, 0.3) is 20.0 Å². The van der Waals surface area contributed by atoms with Crippen LogP contribution in [0.4, 0.5) is 0 Å². The Balaban J connectivity index is 1.29. The molecule has 0 atom stereocenters. The number of hydrogen-bond donors (Lipinski definition) is 0. The number of sulfonamides is 2. The van der Waals surface area contributed by atoms with Gasteiger partial charge >= 0.3 is 17.1 Å². The number of benzene rings is 6. The topological polar surface area (TPSA) is 112 Å². The summed E-state index contributed by atoms with van der Waals surface area (Å²) in [6.07, 6.45) is 1.71. The second kappa shape index (κ2) is 20.4. The predicted molar refractivity (Wildman–Crippen MR) is 261 cm³/mol. The molecule has 7 rings (SSSR count). The van der Waals surface area contributed by atoms with Gasteiger partial charge in [0.1, 0.15) is 23.0 Å². The molecule has 0 spiro atoms. The van der Waals surface area contributed by atoms with E-state index in [1.165, 1.54) is 8.15 Å². The Labute approximate surface area is 388 Å². The van der Waals surface area contributed by atoms with E-state index >= 15 is 16.8 Å². The van der Waals surface area contributed by atoms with Crippen LogP contribution in [0.15, 0.2) is 155 Å². The summed E-state index contributed by atoms with van der Waals surface area (Å²) in [7, 11) is -13.2. The lowest BCUT2D eigenvalue weighted by Gasteiger charge is -2.47. The third-order valence-corrected chi connectivity index (χ3v) is 20.1. The maximum absolute atomic E-state index is 15.3. The first kappa shape index (κ1) is 48.1. The summed E-state index contributed by atoms with van der Waals surface area (Å²) in [5.74, 6) is 1.64. The highest BCUT2D eigenvalue weighted by Gasteiger charge is 2.53. The predicted octanol–water partition coefficient (Wildman–Crippen LogP) is 13.3.